The lowest BCUT2D eigenvalue weighted by atomic mass is 10.0. The minimum Gasteiger partial charge on any atom is -0.489 e. The highest BCUT2D eigenvalue weighted by Crippen LogP contribution is 2.42. The first-order valence-corrected chi connectivity index (χ1v) is 12.3. The van der Waals surface area contributed by atoms with Gasteiger partial charge in [0.05, 0.1) is 24.4 Å². The number of fused-ring (bicyclic) bond motifs is 3. The Morgan fingerprint density at radius 2 is 1.92 bits per heavy atom. The van der Waals surface area contributed by atoms with E-state index in [9.17, 15) is 13.2 Å². The number of rotatable bonds is 4. The van der Waals surface area contributed by atoms with E-state index >= 15 is 0 Å². The van der Waals surface area contributed by atoms with Crippen molar-refractivity contribution in [2.45, 2.75) is 24.7 Å². The number of hydroxylamine groups is 1. The summed E-state index contributed by atoms with van der Waals surface area (Å²) in [6.07, 6.45) is -3.29. The van der Waals surface area contributed by atoms with E-state index in [1.807, 2.05) is 48.5 Å². The summed E-state index contributed by atoms with van der Waals surface area (Å²) in [6.45, 7) is 3.69. The molecule has 0 amide bonds. The van der Waals surface area contributed by atoms with E-state index in [4.69, 9.17) is 9.57 Å². The van der Waals surface area contributed by atoms with E-state index in [2.05, 4.69) is 32.1 Å². The summed E-state index contributed by atoms with van der Waals surface area (Å²) in [7, 11) is 2.10. The quantitative estimate of drug-likeness (QED) is 0.543. The molecular weight excluding hydrogens is 485 g/mol. The summed E-state index contributed by atoms with van der Waals surface area (Å²) in [5.41, 5.74) is 1.55. The molecular formula is C26H27F3N6O2. The van der Waals surface area contributed by atoms with E-state index in [1.54, 1.807) is 0 Å². The first kappa shape index (κ1) is 23.8. The SMILES string of the molecule is CN1CCN2c3ccc(Nc4ncc(C(F)(F)F)c(N5OCC[C@H]5c5ccccc5)n4)cc3OC[C@H]2C1. The minimum absolute atomic E-state index is 0.0403. The number of piperazine rings is 1. The van der Waals surface area contributed by atoms with Gasteiger partial charge >= 0.3 is 6.18 Å². The van der Waals surface area contributed by atoms with Crippen molar-refractivity contribution in [2.24, 2.45) is 0 Å². The average Bonchev–Trinajstić information content (AvgIpc) is 3.38. The van der Waals surface area contributed by atoms with Crippen molar-refractivity contribution in [3.8, 4) is 5.75 Å². The third kappa shape index (κ3) is 4.64. The molecule has 37 heavy (non-hydrogen) atoms. The lowest BCUT2D eigenvalue weighted by Crippen LogP contribution is -2.56. The fraction of sp³-hybridized carbons (Fsp3) is 0.385. The second-order valence-corrected chi connectivity index (χ2v) is 9.53. The molecule has 2 aromatic carbocycles. The normalized spacial score (nSPS) is 21.8. The predicted molar refractivity (Wildman–Crippen MR) is 133 cm³/mol. The molecule has 194 valence electrons. The number of hydrogen-bond acceptors (Lipinski definition) is 8. The van der Waals surface area contributed by atoms with Crippen LogP contribution in [0.5, 0.6) is 5.75 Å². The zero-order valence-corrected chi connectivity index (χ0v) is 20.3. The first-order valence-electron chi connectivity index (χ1n) is 12.3. The number of hydrogen-bond donors (Lipinski definition) is 1. The highest BCUT2D eigenvalue weighted by atomic mass is 19.4. The van der Waals surface area contributed by atoms with Crippen LogP contribution in [0.15, 0.2) is 54.7 Å². The molecule has 6 rings (SSSR count). The summed E-state index contributed by atoms with van der Waals surface area (Å²) < 4.78 is 47.8. The molecule has 1 N–H and O–H groups in total. The van der Waals surface area contributed by atoms with E-state index in [-0.39, 0.29) is 11.8 Å². The summed E-state index contributed by atoms with van der Waals surface area (Å²) in [4.78, 5) is 18.6. The van der Waals surface area contributed by atoms with Crippen LogP contribution in [0.4, 0.5) is 36.3 Å². The topological polar surface area (TPSA) is 66.0 Å². The number of nitrogens with zero attached hydrogens (tertiary/aromatic N) is 5. The van der Waals surface area contributed by atoms with Gasteiger partial charge < -0.3 is 19.9 Å². The van der Waals surface area contributed by atoms with Crippen LogP contribution in [-0.2, 0) is 11.0 Å². The van der Waals surface area contributed by atoms with E-state index in [0.29, 0.717) is 31.4 Å². The Balaban J connectivity index is 1.29. The molecule has 3 aliphatic rings. The zero-order chi connectivity index (χ0) is 25.6. The van der Waals surface area contributed by atoms with E-state index < -0.39 is 17.8 Å². The molecule has 0 saturated carbocycles. The summed E-state index contributed by atoms with van der Waals surface area (Å²) in [5.74, 6) is 0.453. The number of anilines is 4. The monoisotopic (exact) mass is 512 g/mol. The fourth-order valence-corrected chi connectivity index (χ4v) is 5.19. The highest BCUT2D eigenvalue weighted by Gasteiger charge is 2.40. The number of benzene rings is 2. The zero-order valence-electron chi connectivity index (χ0n) is 20.3. The van der Waals surface area contributed by atoms with Crippen LogP contribution in [0.25, 0.3) is 0 Å². The molecule has 0 aliphatic carbocycles. The van der Waals surface area contributed by atoms with Crippen LogP contribution in [0.3, 0.4) is 0 Å². The number of alkyl halides is 3. The molecule has 3 aliphatic heterocycles. The van der Waals surface area contributed by atoms with Gasteiger partial charge in [0.15, 0.2) is 5.82 Å². The minimum atomic E-state index is -4.64. The van der Waals surface area contributed by atoms with Crippen LogP contribution in [0, 0.1) is 0 Å². The van der Waals surface area contributed by atoms with Gasteiger partial charge in [-0.05, 0) is 24.7 Å². The lowest BCUT2D eigenvalue weighted by molar-refractivity contribution is -0.138. The smallest absolute Gasteiger partial charge is 0.421 e. The maximum Gasteiger partial charge on any atom is 0.421 e. The number of aromatic nitrogens is 2. The molecule has 2 saturated heterocycles. The molecule has 0 radical (unpaired) electrons. The Morgan fingerprint density at radius 1 is 1.08 bits per heavy atom. The predicted octanol–water partition coefficient (Wildman–Crippen LogP) is 4.63. The first-order chi connectivity index (χ1) is 17.9. The molecule has 8 nitrogen and oxygen atoms in total. The van der Waals surface area contributed by atoms with Crippen LogP contribution in [0.1, 0.15) is 23.6 Å². The van der Waals surface area contributed by atoms with Gasteiger partial charge in [0.25, 0.3) is 0 Å². The van der Waals surface area contributed by atoms with Crippen molar-refractivity contribution >= 4 is 23.1 Å². The maximum absolute atomic E-state index is 13.9. The molecule has 0 bridgehead atoms. The number of ether oxygens (including phenoxy) is 1. The standard InChI is InChI=1S/C26H27F3N6O2/c1-33-10-11-34-19(15-33)16-36-23-13-18(7-8-22(23)34)31-25-30-14-20(26(27,28)29)24(32-25)35-21(9-12-37-35)17-5-3-2-4-6-17/h2-8,13-14,19,21H,9-12,15-16H2,1H3,(H,30,31,32)/t19-,21+/m1/s1. The Hall–Kier alpha value is -3.57. The largest absolute Gasteiger partial charge is 0.489 e. The van der Waals surface area contributed by atoms with Gasteiger partial charge in [0, 0.05) is 44.0 Å². The molecule has 1 aromatic heterocycles. The van der Waals surface area contributed by atoms with Gasteiger partial charge in [0.2, 0.25) is 5.95 Å². The average molecular weight is 513 g/mol. The third-order valence-corrected chi connectivity index (χ3v) is 7.01. The third-order valence-electron chi connectivity index (χ3n) is 7.01. The summed E-state index contributed by atoms with van der Waals surface area (Å²) >= 11 is 0. The number of likely N-dealkylation sites (N-methyl/N-ethyl adjacent to an activating group) is 1. The number of halogens is 3. The van der Waals surface area contributed by atoms with Crippen molar-refractivity contribution < 1.29 is 22.7 Å². The summed E-state index contributed by atoms with van der Waals surface area (Å²) in [5, 5.41) is 4.31. The highest BCUT2D eigenvalue weighted by molar-refractivity contribution is 5.69. The fourth-order valence-electron chi connectivity index (χ4n) is 5.19. The van der Waals surface area contributed by atoms with Crippen molar-refractivity contribution in [1.29, 1.82) is 0 Å². The van der Waals surface area contributed by atoms with Crippen molar-refractivity contribution in [3.63, 3.8) is 0 Å². The van der Waals surface area contributed by atoms with Crippen molar-refractivity contribution in [1.82, 2.24) is 14.9 Å². The van der Waals surface area contributed by atoms with Crippen molar-refractivity contribution in [3.05, 3.63) is 65.9 Å². The van der Waals surface area contributed by atoms with Gasteiger partial charge in [-0.1, -0.05) is 30.3 Å². The van der Waals surface area contributed by atoms with Crippen LogP contribution in [-0.4, -0.2) is 60.8 Å². The summed E-state index contributed by atoms with van der Waals surface area (Å²) in [6, 6.07) is 14.9. The Kier molecular flexibility index (Phi) is 6.04. The van der Waals surface area contributed by atoms with Crippen molar-refractivity contribution in [2.75, 3.05) is 55.2 Å². The van der Waals surface area contributed by atoms with E-state index in [1.165, 1.54) is 5.06 Å². The van der Waals surface area contributed by atoms with Crippen LogP contribution in [0.2, 0.25) is 0 Å². The number of nitrogens with one attached hydrogen (secondary N) is 1. The second-order valence-electron chi connectivity index (χ2n) is 9.53. The molecule has 4 heterocycles. The molecule has 11 heteroatoms. The van der Waals surface area contributed by atoms with Gasteiger partial charge in [-0.3, -0.25) is 4.84 Å². The van der Waals surface area contributed by atoms with Crippen LogP contribution >= 0.6 is 0 Å². The van der Waals surface area contributed by atoms with Gasteiger partial charge in [-0.15, -0.1) is 0 Å². The molecule has 2 fully saturated rings. The molecule has 2 atom stereocenters. The molecule has 3 aromatic rings. The molecule has 0 unspecified atom stereocenters. The van der Waals surface area contributed by atoms with Crippen LogP contribution < -0.4 is 20.0 Å². The Morgan fingerprint density at radius 3 is 2.73 bits per heavy atom. The van der Waals surface area contributed by atoms with Gasteiger partial charge in [-0.2, -0.15) is 18.2 Å². The lowest BCUT2D eigenvalue weighted by Gasteiger charge is -2.44. The second kappa shape index (κ2) is 9.38. The molecule has 0 spiro atoms. The van der Waals surface area contributed by atoms with E-state index in [0.717, 1.165) is 42.8 Å². The van der Waals surface area contributed by atoms with Gasteiger partial charge in [-0.25, -0.2) is 10.0 Å². The Labute approximate surface area is 212 Å². The van der Waals surface area contributed by atoms with Gasteiger partial charge in [0.1, 0.15) is 17.9 Å². The Bertz CT molecular complexity index is 1270. The maximum atomic E-state index is 13.9.